The van der Waals surface area contributed by atoms with Gasteiger partial charge in [0.05, 0.1) is 0 Å². The molecule has 0 fully saturated rings. The van der Waals surface area contributed by atoms with Gasteiger partial charge in [0.1, 0.15) is 10.6 Å². The highest BCUT2D eigenvalue weighted by Crippen LogP contribution is 2.15. The molecule has 1 rings (SSSR count). The number of halogens is 3. The van der Waals surface area contributed by atoms with Crippen LogP contribution in [0.1, 0.15) is 10.5 Å². The number of H-pyrrole nitrogens is 1. The van der Waals surface area contributed by atoms with Gasteiger partial charge in [0.2, 0.25) is 0 Å². The Hall–Kier alpha value is -1.59. The van der Waals surface area contributed by atoms with Crippen LogP contribution >= 0.6 is 0 Å². The second kappa shape index (κ2) is 4.96. The minimum Gasteiger partial charge on any atom is -0.477 e. The fraction of sp³-hybridized carbons (Fsp3) is 0.286. The maximum atomic E-state index is 11.7. The predicted molar refractivity (Wildman–Crippen MR) is 50.1 cm³/mol. The monoisotopic (exact) mass is 288 g/mol. The van der Waals surface area contributed by atoms with E-state index in [1.807, 2.05) is 0 Å². The number of nitrogens with one attached hydrogen (secondary N) is 2. The number of sulfonamides is 1. The van der Waals surface area contributed by atoms with Crippen LogP contribution in [0.2, 0.25) is 0 Å². The molecule has 0 amide bonds. The summed E-state index contributed by atoms with van der Waals surface area (Å²) in [5, 5.41) is 8.52. The van der Waals surface area contributed by atoms with Gasteiger partial charge < -0.3 is 10.1 Å². The highest BCUT2D eigenvalue weighted by Gasteiger charge is 2.29. The van der Waals surface area contributed by atoms with Crippen LogP contribution in [0.25, 0.3) is 0 Å². The average Bonchev–Trinajstić information content (AvgIpc) is 2.63. The SMILES string of the molecule is O=C(O)c1cc(S(=O)(=O)NOCC(F)(F)F)c[nH]1. The Bertz CT molecular complexity index is 536. The van der Waals surface area contributed by atoms with Gasteiger partial charge in [-0.25, -0.2) is 13.2 Å². The average molecular weight is 288 g/mol. The van der Waals surface area contributed by atoms with E-state index in [-0.39, 0.29) is 0 Å². The fourth-order valence-electron chi connectivity index (χ4n) is 0.890. The summed E-state index contributed by atoms with van der Waals surface area (Å²) in [4.78, 5) is 17.0. The van der Waals surface area contributed by atoms with Crippen molar-refractivity contribution in [3.8, 4) is 0 Å². The number of rotatable bonds is 5. The lowest BCUT2D eigenvalue weighted by molar-refractivity contribution is -0.181. The molecule has 11 heteroatoms. The van der Waals surface area contributed by atoms with Gasteiger partial charge in [-0.15, -0.1) is 0 Å². The molecule has 3 N–H and O–H groups in total. The number of aromatic carboxylic acids is 1. The smallest absolute Gasteiger partial charge is 0.413 e. The summed E-state index contributed by atoms with van der Waals surface area (Å²) in [6.45, 7) is -1.80. The molecule has 0 aliphatic rings. The number of aromatic amines is 1. The van der Waals surface area contributed by atoms with E-state index in [1.165, 1.54) is 4.89 Å². The normalized spacial score (nSPS) is 12.6. The van der Waals surface area contributed by atoms with Crippen molar-refractivity contribution >= 4 is 16.0 Å². The molecule has 0 aromatic carbocycles. The Kier molecular flexibility index (Phi) is 3.98. The van der Waals surface area contributed by atoms with Crippen LogP contribution < -0.4 is 4.89 Å². The van der Waals surface area contributed by atoms with Gasteiger partial charge in [-0.1, -0.05) is 4.89 Å². The van der Waals surface area contributed by atoms with E-state index in [9.17, 15) is 26.4 Å². The second-order valence-corrected chi connectivity index (χ2v) is 4.69. The molecule has 0 unspecified atom stereocenters. The Balaban J connectivity index is 2.71. The van der Waals surface area contributed by atoms with Gasteiger partial charge in [-0.2, -0.15) is 13.2 Å². The van der Waals surface area contributed by atoms with Gasteiger partial charge in [0, 0.05) is 6.20 Å². The van der Waals surface area contributed by atoms with Crippen LogP contribution in [0.15, 0.2) is 17.2 Å². The lowest BCUT2D eigenvalue weighted by Crippen LogP contribution is -2.29. The minimum atomic E-state index is -4.69. The Labute approximate surface area is 98.6 Å². The van der Waals surface area contributed by atoms with Crippen LogP contribution in [-0.4, -0.2) is 37.3 Å². The van der Waals surface area contributed by atoms with Crippen molar-refractivity contribution < 1.29 is 36.3 Å². The predicted octanol–water partition coefficient (Wildman–Crippen LogP) is 0.485. The van der Waals surface area contributed by atoms with Crippen molar-refractivity contribution in [3.63, 3.8) is 0 Å². The molecule has 0 saturated heterocycles. The first-order valence-electron chi connectivity index (χ1n) is 4.24. The number of alkyl halides is 3. The molecule has 0 saturated carbocycles. The van der Waals surface area contributed by atoms with Gasteiger partial charge in [0.15, 0.2) is 6.61 Å². The molecular formula is C7H7F3N2O5S. The molecule has 0 aliphatic carbocycles. The van der Waals surface area contributed by atoms with Gasteiger partial charge in [-0.3, -0.25) is 4.84 Å². The largest absolute Gasteiger partial charge is 0.477 e. The minimum absolute atomic E-state index is 0.425. The maximum absolute atomic E-state index is 11.7. The number of hydrogen-bond donors (Lipinski definition) is 3. The molecule has 0 aliphatic heterocycles. The number of aromatic nitrogens is 1. The molecule has 1 heterocycles. The van der Waals surface area contributed by atoms with Crippen molar-refractivity contribution in [1.82, 2.24) is 9.87 Å². The Morgan fingerprint density at radius 1 is 1.50 bits per heavy atom. The van der Waals surface area contributed by atoms with E-state index in [4.69, 9.17) is 5.11 Å². The van der Waals surface area contributed by atoms with Gasteiger partial charge >= 0.3 is 12.1 Å². The summed E-state index contributed by atoms with van der Waals surface area (Å²) in [6, 6.07) is 0.738. The lowest BCUT2D eigenvalue weighted by Gasteiger charge is -2.07. The highest BCUT2D eigenvalue weighted by molar-refractivity contribution is 7.89. The third-order valence-electron chi connectivity index (χ3n) is 1.60. The third-order valence-corrected chi connectivity index (χ3v) is 2.80. The molecule has 1 aromatic rings. The van der Waals surface area contributed by atoms with Crippen LogP contribution in [0.4, 0.5) is 13.2 Å². The molecule has 0 bridgehead atoms. The summed E-state index contributed by atoms with van der Waals surface area (Å²) < 4.78 is 57.8. The van der Waals surface area contributed by atoms with Crippen molar-refractivity contribution in [2.24, 2.45) is 0 Å². The van der Waals surface area contributed by atoms with Crippen LogP contribution in [-0.2, 0) is 14.9 Å². The fourth-order valence-corrected chi connectivity index (χ4v) is 1.69. The quantitative estimate of drug-likeness (QED) is 0.683. The van der Waals surface area contributed by atoms with Crippen molar-refractivity contribution in [2.45, 2.75) is 11.1 Å². The van der Waals surface area contributed by atoms with Crippen molar-refractivity contribution in [3.05, 3.63) is 18.0 Å². The first-order chi connectivity index (χ1) is 8.12. The number of hydrogen-bond acceptors (Lipinski definition) is 4. The number of carboxylic acids is 1. The van der Waals surface area contributed by atoms with E-state index in [1.54, 1.807) is 0 Å². The van der Waals surface area contributed by atoms with Gasteiger partial charge in [-0.05, 0) is 6.07 Å². The lowest BCUT2D eigenvalue weighted by atomic mass is 10.4. The summed E-state index contributed by atoms with van der Waals surface area (Å²) >= 11 is 0. The first kappa shape index (κ1) is 14.5. The highest BCUT2D eigenvalue weighted by atomic mass is 32.2. The zero-order valence-corrected chi connectivity index (χ0v) is 9.30. The molecule has 0 atom stereocenters. The summed E-state index contributed by atoms with van der Waals surface area (Å²) in [6.07, 6.45) is -3.88. The first-order valence-corrected chi connectivity index (χ1v) is 5.72. The van der Waals surface area contributed by atoms with E-state index in [2.05, 4.69) is 9.82 Å². The van der Waals surface area contributed by atoms with E-state index in [0.717, 1.165) is 12.3 Å². The molecule has 102 valence electrons. The Morgan fingerprint density at radius 2 is 2.11 bits per heavy atom. The number of carbonyl (C=O) groups is 1. The topological polar surface area (TPSA) is 108 Å². The van der Waals surface area contributed by atoms with E-state index < -0.39 is 39.4 Å². The summed E-state index contributed by atoms with van der Waals surface area (Å²) in [7, 11) is -4.36. The molecular weight excluding hydrogens is 281 g/mol. The van der Waals surface area contributed by atoms with E-state index in [0.29, 0.717) is 0 Å². The molecule has 0 radical (unpaired) electrons. The third kappa shape index (κ3) is 4.01. The maximum Gasteiger partial charge on any atom is 0.413 e. The summed E-state index contributed by atoms with van der Waals surface area (Å²) in [5.74, 6) is -1.41. The molecule has 18 heavy (non-hydrogen) atoms. The number of carboxylic acid groups (broad SMARTS) is 1. The van der Waals surface area contributed by atoms with Crippen LogP contribution in [0, 0.1) is 0 Å². The Morgan fingerprint density at radius 3 is 2.56 bits per heavy atom. The van der Waals surface area contributed by atoms with Crippen LogP contribution in [0.5, 0.6) is 0 Å². The zero-order chi connectivity index (χ0) is 14.0. The standard InChI is InChI=1S/C7H7F3N2O5S/c8-7(9,10)3-17-12-18(15,16)4-1-5(6(13)14)11-2-4/h1-2,11-12H,3H2,(H,13,14). The zero-order valence-electron chi connectivity index (χ0n) is 8.48. The van der Waals surface area contributed by atoms with Crippen LogP contribution in [0.3, 0.4) is 0 Å². The molecule has 7 nitrogen and oxygen atoms in total. The van der Waals surface area contributed by atoms with Crippen molar-refractivity contribution in [2.75, 3.05) is 6.61 Å². The van der Waals surface area contributed by atoms with E-state index >= 15 is 0 Å². The summed E-state index contributed by atoms with van der Waals surface area (Å²) in [5.41, 5.74) is -0.425. The molecule has 1 aromatic heterocycles. The molecule has 0 spiro atoms. The van der Waals surface area contributed by atoms with Gasteiger partial charge in [0.25, 0.3) is 10.0 Å². The van der Waals surface area contributed by atoms with Crippen molar-refractivity contribution in [1.29, 1.82) is 0 Å². The second-order valence-electron chi connectivity index (χ2n) is 3.04.